The monoisotopic (exact) mass is 573 g/mol. The van der Waals surface area contributed by atoms with Gasteiger partial charge in [0.05, 0.1) is 6.54 Å². The third kappa shape index (κ3) is 8.02. The molecule has 33 heavy (non-hydrogen) atoms. The molecule has 1 heterocycles. The van der Waals surface area contributed by atoms with Crippen LogP contribution in [0.25, 0.3) is 0 Å². The van der Waals surface area contributed by atoms with E-state index in [1.165, 1.54) is 25.1 Å². The van der Waals surface area contributed by atoms with E-state index in [1.807, 2.05) is 13.0 Å². The first kappa shape index (κ1) is 26.6. The number of guanidine groups is 1. The van der Waals surface area contributed by atoms with Gasteiger partial charge < -0.3 is 25.6 Å². The third-order valence-corrected chi connectivity index (χ3v) is 4.91. The summed E-state index contributed by atoms with van der Waals surface area (Å²) in [5, 5.41) is 9.24. The number of benzene rings is 2. The van der Waals surface area contributed by atoms with Crippen LogP contribution in [0.15, 0.2) is 47.5 Å². The van der Waals surface area contributed by atoms with Gasteiger partial charge in [-0.15, -0.1) is 24.0 Å². The van der Waals surface area contributed by atoms with Gasteiger partial charge in [-0.3, -0.25) is 4.79 Å². The molecule has 0 aliphatic carbocycles. The van der Waals surface area contributed by atoms with Gasteiger partial charge in [0, 0.05) is 44.4 Å². The number of hydrogen-bond donors (Lipinski definition) is 3. The van der Waals surface area contributed by atoms with Crippen molar-refractivity contribution in [1.82, 2.24) is 10.6 Å². The fourth-order valence-corrected chi connectivity index (χ4v) is 3.57. The fourth-order valence-electron chi connectivity index (χ4n) is 3.57. The summed E-state index contributed by atoms with van der Waals surface area (Å²) in [6, 6.07) is 11.1. The van der Waals surface area contributed by atoms with Crippen LogP contribution in [0, 0.1) is 11.6 Å². The molecule has 1 aliphatic rings. The maximum Gasteiger partial charge on any atom is 0.221 e. The third-order valence-electron chi connectivity index (χ3n) is 4.91. The van der Waals surface area contributed by atoms with Crippen molar-refractivity contribution in [3.8, 4) is 5.75 Å². The Morgan fingerprint density at radius 2 is 1.94 bits per heavy atom. The molecule has 0 spiro atoms. The Kier molecular flexibility index (Phi) is 10.6. The average Bonchev–Trinajstić information content (AvgIpc) is 3.19. The minimum Gasteiger partial charge on any atom is -0.492 e. The summed E-state index contributed by atoms with van der Waals surface area (Å²) in [4.78, 5) is 17.4. The van der Waals surface area contributed by atoms with Gasteiger partial charge in [0.15, 0.2) is 5.96 Å². The Morgan fingerprint density at radius 1 is 1.21 bits per heavy atom. The highest BCUT2D eigenvalue weighted by atomic mass is 127. The normalized spacial score (nSPS) is 15.6. The largest absolute Gasteiger partial charge is 0.492 e. The zero-order valence-electron chi connectivity index (χ0n) is 18.7. The summed E-state index contributed by atoms with van der Waals surface area (Å²) in [7, 11) is 0. The number of halogens is 3. The van der Waals surface area contributed by atoms with Crippen LogP contribution in [0.5, 0.6) is 5.75 Å². The lowest BCUT2D eigenvalue weighted by Crippen LogP contribution is -2.45. The molecule has 1 fully saturated rings. The van der Waals surface area contributed by atoms with Crippen LogP contribution >= 0.6 is 24.0 Å². The first-order valence-electron chi connectivity index (χ1n) is 10.7. The molecular formula is C23H30F2IN5O2. The lowest BCUT2D eigenvalue weighted by atomic mass is 10.2. The van der Waals surface area contributed by atoms with Gasteiger partial charge in [-0.25, -0.2) is 13.8 Å². The summed E-state index contributed by atoms with van der Waals surface area (Å²) < 4.78 is 33.9. The van der Waals surface area contributed by atoms with Crippen molar-refractivity contribution >= 4 is 47.2 Å². The quantitative estimate of drug-likeness (QED) is 0.194. The van der Waals surface area contributed by atoms with Crippen LogP contribution in [0.4, 0.5) is 20.2 Å². The maximum absolute atomic E-state index is 14.1. The standard InChI is InChI=1S/C23H29F2N5O2.HI/c1-3-26-23(27-11-13-32-19-7-4-6-17(14-19)28-16(2)31)29-18-10-12-30(15-18)22-20(24)8-5-9-21(22)25;/h4-9,14,18H,3,10-13,15H2,1-2H3,(H,28,31)(H2,26,27,29);1H. The van der Waals surface area contributed by atoms with Gasteiger partial charge in [-0.1, -0.05) is 12.1 Å². The first-order valence-corrected chi connectivity index (χ1v) is 10.7. The Bertz CT molecular complexity index is 940. The number of carbonyl (C=O) groups excluding carboxylic acids is 1. The molecule has 10 heteroatoms. The van der Waals surface area contributed by atoms with Gasteiger partial charge in [0.25, 0.3) is 0 Å². The Balaban J connectivity index is 0.00000385. The van der Waals surface area contributed by atoms with Crippen molar-refractivity contribution in [2.24, 2.45) is 4.99 Å². The molecule has 1 saturated heterocycles. The van der Waals surface area contributed by atoms with Crippen molar-refractivity contribution in [2.75, 3.05) is 43.0 Å². The van der Waals surface area contributed by atoms with E-state index in [1.54, 1.807) is 23.1 Å². The van der Waals surface area contributed by atoms with E-state index < -0.39 is 11.6 Å². The molecule has 180 valence electrons. The van der Waals surface area contributed by atoms with Crippen molar-refractivity contribution in [3.63, 3.8) is 0 Å². The molecule has 2 aromatic rings. The SMILES string of the molecule is CCNC(=NCCOc1cccc(NC(C)=O)c1)NC1CCN(c2c(F)cccc2F)C1.I. The first-order chi connectivity index (χ1) is 15.5. The number of anilines is 2. The predicted octanol–water partition coefficient (Wildman–Crippen LogP) is 3.75. The lowest BCUT2D eigenvalue weighted by Gasteiger charge is -2.21. The number of aliphatic imine (C=N–C) groups is 1. The molecule has 0 radical (unpaired) electrons. The van der Waals surface area contributed by atoms with Crippen molar-refractivity contribution in [1.29, 1.82) is 0 Å². The van der Waals surface area contributed by atoms with Crippen LogP contribution in [-0.4, -0.2) is 50.7 Å². The number of nitrogens with zero attached hydrogens (tertiary/aromatic N) is 2. The predicted molar refractivity (Wildman–Crippen MR) is 138 cm³/mol. The zero-order valence-corrected chi connectivity index (χ0v) is 21.1. The second kappa shape index (κ2) is 13.2. The van der Waals surface area contributed by atoms with Crippen molar-refractivity contribution < 1.29 is 18.3 Å². The number of ether oxygens (including phenoxy) is 1. The lowest BCUT2D eigenvalue weighted by molar-refractivity contribution is -0.114. The van der Waals surface area contributed by atoms with Gasteiger partial charge in [-0.2, -0.15) is 0 Å². The molecule has 1 amide bonds. The Hall–Kier alpha value is -2.63. The smallest absolute Gasteiger partial charge is 0.221 e. The number of hydrogen-bond acceptors (Lipinski definition) is 4. The number of amides is 1. The van der Waals surface area contributed by atoms with E-state index in [9.17, 15) is 13.6 Å². The van der Waals surface area contributed by atoms with E-state index in [2.05, 4.69) is 20.9 Å². The topological polar surface area (TPSA) is 78.0 Å². The molecule has 0 aromatic heterocycles. The number of nitrogens with one attached hydrogen (secondary N) is 3. The molecule has 1 unspecified atom stereocenters. The molecule has 1 aliphatic heterocycles. The molecule has 3 N–H and O–H groups in total. The molecule has 0 bridgehead atoms. The van der Waals surface area contributed by atoms with E-state index in [0.717, 1.165) is 6.42 Å². The highest BCUT2D eigenvalue weighted by Gasteiger charge is 2.27. The minimum absolute atomic E-state index is 0. The van der Waals surface area contributed by atoms with Crippen LogP contribution < -0.4 is 25.6 Å². The highest BCUT2D eigenvalue weighted by molar-refractivity contribution is 14.0. The summed E-state index contributed by atoms with van der Waals surface area (Å²) >= 11 is 0. The minimum atomic E-state index is -0.550. The molecule has 2 aromatic carbocycles. The zero-order chi connectivity index (χ0) is 22.9. The average molecular weight is 573 g/mol. The Labute approximate surface area is 210 Å². The highest BCUT2D eigenvalue weighted by Crippen LogP contribution is 2.26. The summed E-state index contributed by atoms with van der Waals surface area (Å²) in [6.07, 6.45) is 0.741. The van der Waals surface area contributed by atoms with Gasteiger partial charge in [0.2, 0.25) is 5.91 Å². The summed E-state index contributed by atoms with van der Waals surface area (Å²) in [5.74, 6) is 0.0277. The Morgan fingerprint density at radius 3 is 2.64 bits per heavy atom. The van der Waals surface area contributed by atoms with E-state index >= 15 is 0 Å². The number of para-hydroxylation sites is 1. The van der Waals surface area contributed by atoms with Crippen molar-refractivity contribution in [2.45, 2.75) is 26.3 Å². The number of carbonyl (C=O) groups is 1. The van der Waals surface area contributed by atoms with Crippen LogP contribution in [0.3, 0.4) is 0 Å². The van der Waals surface area contributed by atoms with Crippen molar-refractivity contribution in [3.05, 3.63) is 54.1 Å². The van der Waals surface area contributed by atoms with Gasteiger partial charge >= 0.3 is 0 Å². The van der Waals surface area contributed by atoms with Gasteiger partial charge in [0.1, 0.15) is 29.7 Å². The van der Waals surface area contributed by atoms with Crippen LogP contribution in [0.2, 0.25) is 0 Å². The maximum atomic E-state index is 14.1. The van der Waals surface area contributed by atoms with Crippen LogP contribution in [-0.2, 0) is 4.79 Å². The summed E-state index contributed by atoms with van der Waals surface area (Å²) in [6.45, 7) is 5.92. The fraction of sp³-hybridized carbons (Fsp3) is 0.391. The van der Waals surface area contributed by atoms with Gasteiger partial charge in [-0.05, 0) is 37.6 Å². The summed E-state index contributed by atoms with van der Waals surface area (Å²) in [5.41, 5.74) is 0.694. The molecule has 0 saturated carbocycles. The van der Waals surface area contributed by atoms with E-state index in [0.29, 0.717) is 50.2 Å². The second-order valence-corrected chi connectivity index (χ2v) is 7.46. The number of rotatable bonds is 8. The molecular weight excluding hydrogens is 543 g/mol. The molecule has 3 rings (SSSR count). The second-order valence-electron chi connectivity index (χ2n) is 7.46. The van der Waals surface area contributed by atoms with E-state index in [4.69, 9.17) is 4.74 Å². The van der Waals surface area contributed by atoms with E-state index in [-0.39, 0.29) is 41.6 Å². The molecule has 1 atom stereocenters. The van der Waals surface area contributed by atoms with Crippen LogP contribution in [0.1, 0.15) is 20.3 Å². The molecule has 7 nitrogen and oxygen atoms in total.